The van der Waals surface area contributed by atoms with E-state index >= 15 is 0 Å². The lowest BCUT2D eigenvalue weighted by molar-refractivity contribution is 0.136. The zero-order chi connectivity index (χ0) is 19.7. The Morgan fingerprint density at radius 2 is 1.23 bits per heavy atom. The maximum Gasteiger partial charge on any atom is 0.123 e. The predicted octanol–water partition coefficient (Wildman–Crippen LogP) is 5.73. The summed E-state index contributed by atoms with van der Waals surface area (Å²) in [4.78, 5) is 0. The molecule has 142 valence electrons. The highest BCUT2D eigenvalue weighted by Crippen LogP contribution is 2.42. The number of phenolic OH excluding ortho intramolecular Hbond substituents is 1. The minimum Gasteiger partial charge on any atom is -0.507 e. The molecule has 3 nitrogen and oxygen atoms in total. The van der Waals surface area contributed by atoms with Crippen LogP contribution >= 0.6 is 0 Å². The van der Waals surface area contributed by atoms with Crippen LogP contribution in [0.1, 0.15) is 69.9 Å². The second-order valence-corrected chi connectivity index (χ2v) is 8.85. The molecular weight excluding hydrogens is 324 g/mol. The highest BCUT2D eigenvalue weighted by molar-refractivity contribution is 5.51. The van der Waals surface area contributed by atoms with Crippen molar-refractivity contribution in [2.75, 3.05) is 14.2 Å². The lowest BCUT2D eigenvalue weighted by Crippen LogP contribution is -2.19. The van der Waals surface area contributed by atoms with Crippen molar-refractivity contribution in [2.45, 2.75) is 58.5 Å². The summed E-state index contributed by atoms with van der Waals surface area (Å²) in [5, 5.41) is 10.9. The molecule has 0 aliphatic heterocycles. The number of methoxy groups -OCH3 is 2. The van der Waals surface area contributed by atoms with Crippen LogP contribution in [0.3, 0.4) is 0 Å². The summed E-state index contributed by atoms with van der Waals surface area (Å²) in [6, 6.07) is 12.1. The van der Waals surface area contributed by atoms with Crippen LogP contribution in [-0.4, -0.2) is 19.3 Å². The summed E-state index contributed by atoms with van der Waals surface area (Å²) >= 11 is 0. The molecule has 0 spiro atoms. The number of hydrogen-bond acceptors (Lipinski definition) is 3. The number of benzene rings is 2. The standard InChI is InChI=1S/C23H32O3/c1-22(2,3)18-13-16(14-19(20(18)24)23(4,5)6)21(26-8)15-9-11-17(25-7)12-10-15/h9-14,21,24H,1-8H3/t21-/m1/s1. The summed E-state index contributed by atoms with van der Waals surface area (Å²) in [7, 11) is 3.38. The molecular formula is C23H32O3. The Kier molecular flexibility index (Phi) is 5.72. The van der Waals surface area contributed by atoms with Crippen molar-refractivity contribution in [3.63, 3.8) is 0 Å². The van der Waals surface area contributed by atoms with Gasteiger partial charge in [0.15, 0.2) is 0 Å². The summed E-state index contributed by atoms with van der Waals surface area (Å²) in [6.45, 7) is 12.7. The molecule has 2 rings (SSSR count). The van der Waals surface area contributed by atoms with E-state index in [2.05, 4.69) is 53.7 Å². The molecule has 1 N–H and O–H groups in total. The summed E-state index contributed by atoms with van der Waals surface area (Å²) < 4.78 is 11.1. The summed E-state index contributed by atoms with van der Waals surface area (Å²) in [5.74, 6) is 1.21. The molecule has 0 amide bonds. The fourth-order valence-corrected chi connectivity index (χ4v) is 3.19. The quantitative estimate of drug-likeness (QED) is 0.760. The van der Waals surface area contributed by atoms with Gasteiger partial charge in [-0.05, 0) is 57.3 Å². The number of phenols is 1. The van der Waals surface area contributed by atoms with Gasteiger partial charge in [-0.2, -0.15) is 0 Å². The van der Waals surface area contributed by atoms with Crippen molar-refractivity contribution in [1.82, 2.24) is 0 Å². The Bertz CT molecular complexity index is 711. The van der Waals surface area contributed by atoms with Gasteiger partial charge in [0.1, 0.15) is 17.6 Å². The molecule has 0 aliphatic carbocycles. The van der Waals surface area contributed by atoms with Gasteiger partial charge in [0, 0.05) is 7.11 Å². The van der Waals surface area contributed by atoms with Gasteiger partial charge in [-0.1, -0.05) is 53.7 Å². The third-order valence-corrected chi connectivity index (χ3v) is 4.71. The van der Waals surface area contributed by atoms with Crippen LogP contribution in [0.4, 0.5) is 0 Å². The second kappa shape index (κ2) is 7.32. The zero-order valence-electron chi connectivity index (χ0n) is 17.3. The molecule has 0 aromatic heterocycles. The van der Waals surface area contributed by atoms with Crippen LogP contribution in [0, 0.1) is 0 Å². The lowest BCUT2D eigenvalue weighted by Gasteiger charge is -2.29. The summed E-state index contributed by atoms with van der Waals surface area (Å²) in [5.41, 5.74) is 3.64. The van der Waals surface area contributed by atoms with Gasteiger partial charge in [-0.25, -0.2) is 0 Å². The molecule has 2 aromatic carbocycles. The van der Waals surface area contributed by atoms with E-state index in [4.69, 9.17) is 9.47 Å². The number of aromatic hydroxyl groups is 1. The average molecular weight is 357 g/mol. The first-order chi connectivity index (χ1) is 12.0. The van der Waals surface area contributed by atoms with Gasteiger partial charge in [0.05, 0.1) is 7.11 Å². The third kappa shape index (κ3) is 4.21. The maximum atomic E-state index is 10.9. The molecule has 0 bridgehead atoms. The first-order valence-corrected chi connectivity index (χ1v) is 9.03. The predicted molar refractivity (Wildman–Crippen MR) is 107 cm³/mol. The van der Waals surface area contributed by atoms with Gasteiger partial charge in [0.2, 0.25) is 0 Å². The molecule has 0 fully saturated rings. The van der Waals surface area contributed by atoms with E-state index in [1.165, 1.54) is 0 Å². The highest BCUT2D eigenvalue weighted by Gasteiger charge is 2.28. The normalized spacial score (nSPS) is 13.5. The third-order valence-electron chi connectivity index (χ3n) is 4.71. The van der Waals surface area contributed by atoms with E-state index in [-0.39, 0.29) is 16.9 Å². The van der Waals surface area contributed by atoms with Crippen molar-refractivity contribution >= 4 is 0 Å². The average Bonchev–Trinajstić information content (AvgIpc) is 2.55. The van der Waals surface area contributed by atoms with Crippen LogP contribution in [0.5, 0.6) is 11.5 Å². The fraction of sp³-hybridized carbons (Fsp3) is 0.478. The smallest absolute Gasteiger partial charge is 0.123 e. The van der Waals surface area contributed by atoms with Crippen molar-refractivity contribution < 1.29 is 14.6 Å². The highest BCUT2D eigenvalue weighted by atomic mass is 16.5. The van der Waals surface area contributed by atoms with Gasteiger partial charge in [0.25, 0.3) is 0 Å². The number of ether oxygens (including phenoxy) is 2. The topological polar surface area (TPSA) is 38.7 Å². The van der Waals surface area contributed by atoms with Gasteiger partial charge in [-0.3, -0.25) is 0 Å². The maximum absolute atomic E-state index is 10.9. The van der Waals surface area contributed by atoms with Crippen LogP contribution in [0.25, 0.3) is 0 Å². The minimum atomic E-state index is -0.205. The van der Waals surface area contributed by atoms with Crippen LogP contribution in [-0.2, 0) is 15.6 Å². The Morgan fingerprint density at radius 1 is 0.769 bits per heavy atom. The molecule has 0 heterocycles. The van der Waals surface area contributed by atoms with E-state index in [1.54, 1.807) is 14.2 Å². The molecule has 0 saturated carbocycles. The zero-order valence-corrected chi connectivity index (χ0v) is 17.3. The summed E-state index contributed by atoms with van der Waals surface area (Å²) in [6.07, 6.45) is -0.205. The Labute approximate surface area is 158 Å². The van der Waals surface area contributed by atoms with Gasteiger partial charge in [-0.15, -0.1) is 0 Å². The van der Waals surface area contributed by atoms with E-state index in [1.807, 2.05) is 24.3 Å². The fourth-order valence-electron chi connectivity index (χ4n) is 3.19. The van der Waals surface area contributed by atoms with E-state index in [0.717, 1.165) is 28.0 Å². The van der Waals surface area contributed by atoms with Crippen molar-refractivity contribution in [2.24, 2.45) is 0 Å². The van der Waals surface area contributed by atoms with Crippen LogP contribution in [0.15, 0.2) is 36.4 Å². The molecule has 0 aliphatic rings. The molecule has 3 heteroatoms. The lowest BCUT2D eigenvalue weighted by atomic mass is 9.77. The minimum absolute atomic E-state index is 0.168. The van der Waals surface area contributed by atoms with Crippen molar-refractivity contribution in [1.29, 1.82) is 0 Å². The SMILES string of the molecule is COc1ccc([C@@H](OC)c2cc(C(C)(C)C)c(O)c(C(C)(C)C)c2)cc1. The molecule has 1 atom stereocenters. The molecule has 2 aromatic rings. The monoisotopic (exact) mass is 356 g/mol. The van der Waals surface area contributed by atoms with Crippen LogP contribution < -0.4 is 4.74 Å². The first kappa shape index (κ1) is 20.3. The van der Waals surface area contributed by atoms with E-state index in [9.17, 15) is 5.11 Å². The van der Waals surface area contributed by atoms with E-state index in [0.29, 0.717) is 5.75 Å². The van der Waals surface area contributed by atoms with Gasteiger partial charge < -0.3 is 14.6 Å². The first-order valence-electron chi connectivity index (χ1n) is 9.03. The molecule has 0 unspecified atom stereocenters. The Hall–Kier alpha value is -2.00. The largest absolute Gasteiger partial charge is 0.507 e. The van der Waals surface area contributed by atoms with Crippen molar-refractivity contribution in [3.05, 3.63) is 58.7 Å². The molecule has 0 radical (unpaired) electrons. The number of rotatable bonds is 4. The molecule has 0 saturated heterocycles. The number of hydrogen-bond donors (Lipinski definition) is 1. The second-order valence-electron chi connectivity index (χ2n) is 8.85. The van der Waals surface area contributed by atoms with E-state index < -0.39 is 0 Å². The Balaban J connectivity index is 2.65. The van der Waals surface area contributed by atoms with Gasteiger partial charge >= 0.3 is 0 Å². The van der Waals surface area contributed by atoms with Crippen molar-refractivity contribution in [3.8, 4) is 11.5 Å². The molecule has 26 heavy (non-hydrogen) atoms. The van der Waals surface area contributed by atoms with Crippen LogP contribution in [0.2, 0.25) is 0 Å². The Morgan fingerprint density at radius 3 is 1.58 bits per heavy atom.